The minimum Gasteiger partial charge on any atom is -0.319 e. The molecule has 3 aromatic rings. The van der Waals surface area contributed by atoms with Gasteiger partial charge in [-0.15, -0.1) is 11.3 Å². The number of aromatic nitrogens is 1. The Morgan fingerprint density at radius 2 is 1.75 bits per heavy atom. The van der Waals surface area contributed by atoms with E-state index in [1.165, 1.54) is 11.3 Å². The fraction of sp³-hybridized carbons (Fsp3) is 0.136. The van der Waals surface area contributed by atoms with Crippen molar-refractivity contribution in [2.75, 3.05) is 6.54 Å². The van der Waals surface area contributed by atoms with Crippen LogP contribution in [0.5, 0.6) is 0 Å². The number of carbonyl (C=O) groups is 2. The SMILES string of the molecule is C=C1c2ccccc2C(=O)N1CCC(=O)N=c1sccn1Cc1ccccc1. The molecule has 1 aliphatic heterocycles. The summed E-state index contributed by atoms with van der Waals surface area (Å²) in [5, 5.41) is 1.91. The Morgan fingerprint density at radius 3 is 2.50 bits per heavy atom. The monoisotopic (exact) mass is 389 g/mol. The Balaban J connectivity index is 1.44. The van der Waals surface area contributed by atoms with E-state index in [2.05, 4.69) is 11.6 Å². The molecule has 1 aromatic heterocycles. The number of hydrogen-bond acceptors (Lipinski definition) is 3. The fourth-order valence-electron chi connectivity index (χ4n) is 3.23. The number of fused-ring (bicyclic) bond motifs is 1. The van der Waals surface area contributed by atoms with Gasteiger partial charge in [0.15, 0.2) is 4.80 Å². The summed E-state index contributed by atoms with van der Waals surface area (Å²) in [6.07, 6.45) is 2.08. The van der Waals surface area contributed by atoms with Crippen molar-refractivity contribution >= 4 is 28.8 Å². The first-order chi connectivity index (χ1) is 13.6. The van der Waals surface area contributed by atoms with E-state index >= 15 is 0 Å². The molecule has 0 N–H and O–H groups in total. The van der Waals surface area contributed by atoms with E-state index in [-0.39, 0.29) is 24.8 Å². The minimum atomic E-state index is -0.249. The topological polar surface area (TPSA) is 54.7 Å². The van der Waals surface area contributed by atoms with Crippen LogP contribution < -0.4 is 4.80 Å². The van der Waals surface area contributed by atoms with Crippen molar-refractivity contribution in [1.29, 1.82) is 0 Å². The number of benzene rings is 2. The van der Waals surface area contributed by atoms with Gasteiger partial charge in [-0.05, 0) is 11.6 Å². The Labute approximate surface area is 166 Å². The van der Waals surface area contributed by atoms with Crippen LogP contribution >= 0.6 is 11.3 Å². The summed E-state index contributed by atoms with van der Waals surface area (Å²) in [5.41, 5.74) is 3.25. The van der Waals surface area contributed by atoms with Gasteiger partial charge in [-0.2, -0.15) is 4.99 Å². The molecule has 0 bridgehead atoms. The molecule has 0 saturated heterocycles. The van der Waals surface area contributed by atoms with Crippen LogP contribution in [-0.2, 0) is 11.3 Å². The predicted molar refractivity (Wildman–Crippen MR) is 110 cm³/mol. The van der Waals surface area contributed by atoms with E-state index < -0.39 is 0 Å². The molecule has 5 nitrogen and oxygen atoms in total. The maximum absolute atomic E-state index is 12.5. The molecule has 2 aromatic carbocycles. The zero-order valence-electron chi connectivity index (χ0n) is 15.2. The van der Waals surface area contributed by atoms with Crippen molar-refractivity contribution in [3.63, 3.8) is 0 Å². The molecular weight excluding hydrogens is 370 g/mol. The third-order valence-electron chi connectivity index (χ3n) is 4.66. The van der Waals surface area contributed by atoms with Crippen molar-refractivity contribution in [3.05, 3.63) is 94.2 Å². The largest absolute Gasteiger partial charge is 0.319 e. The van der Waals surface area contributed by atoms with Crippen molar-refractivity contribution < 1.29 is 9.59 Å². The van der Waals surface area contributed by atoms with Crippen LogP contribution in [0, 0.1) is 0 Å². The van der Waals surface area contributed by atoms with Crippen molar-refractivity contribution in [2.45, 2.75) is 13.0 Å². The normalized spacial score (nSPS) is 13.9. The number of amides is 2. The zero-order chi connectivity index (χ0) is 19.5. The fourth-order valence-corrected chi connectivity index (χ4v) is 3.97. The lowest BCUT2D eigenvalue weighted by Gasteiger charge is -2.16. The maximum atomic E-state index is 12.5. The van der Waals surface area contributed by atoms with E-state index in [0.29, 0.717) is 22.6 Å². The summed E-state index contributed by atoms with van der Waals surface area (Å²) in [6, 6.07) is 17.4. The molecule has 2 heterocycles. The maximum Gasteiger partial charge on any atom is 0.258 e. The summed E-state index contributed by atoms with van der Waals surface area (Å²) in [4.78, 5) is 31.4. The number of thiazole rings is 1. The highest BCUT2D eigenvalue weighted by Gasteiger charge is 2.30. The van der Waals surface area contributed by atoms with Crippen LogP contribution in [0.4, 0.5) is 0 Å². The summed E-state index contributed by atoms with van der Waals surface area (Å²) in [5.74, 6) is -0.357. The van der Waals surface area contributed by atoms with Crippen LogP contribution in [0.25, 0.3) is 5.70 Å². The second-order valence-corrected chi connectivity index (χ2v) is 7.38. The van der Waals surface area contributed by atoms with E-state index in [0.717, 1.165) is 11.1 Å². The van der Waals surface area contributed by atoms with Crippen molar-refractivity contribution in [2.24, 2.45) is 4.99 Å². The summed E-state index contributed by atoms with van der Waals surface area (Å²) in [6.45, 7) is 4.94. The number of rotatable bonds is 5. The third-order valence-corrected chi connectivity index (χ3v) is 5.46. The number of nitrogens with zero attached hydrogens (tertiary/aromatic N) is 3. The van der Waals surface area contributed by atoms with Gasteiger partial charge in [0.2, 0.25) is 5.91 Å². The first kappa shape index (κ1) is 18.1. The molecule has 1 aliphatic rings. The van der Waals surface area contributed by atoms with E-state index in [9.17, 15) is 9.59 Å². The van der Waals surface area contributed by atoms with Gasteiger partial charge in [0.1, 0.15) is 0 Å². The molecule has 0 fully saturated rings. The van der Waals surface area contributed by atoms with Crippen LogP contribution in [0.15, 0.2) is 77.7 Å². The highest BCUT2D eigenvalue weighted by Crippen LogP contribution is 2.31. The first-order valence-corrected chi connectivity index (χ1v) is 9.87. The van der Waals surface area contributed by atoms with Crippen LogP contribution in [0.2, 0.25) is 0 Å². The lowest BCUT2D eigenvalue weighted by atomic mass is 10.1. The summed E-state index contributed by atoms with van der Waals surface area (Å²) < 4.78 is 1.95. The predicted octanol–water partition coefficient (Wildman–Crippen LogP) is 3.54. The van der Waals surface area contributed by atoms with Gasteiger partial charge in [0.05, 0.1) is 0 Å². The Morgan fingerprint density at radius 1 is 1.04 bits per heavy atom. The Bertz CT molecular complexity index is 1080. The Kier molecular flexibility index (Phi) is 5.04. The molecule has 28 heavy (non-hydrogen) atoms. The third kappa shape index (κ3) is 3.59. The molecule has 0 spiro atoms. The van der Waals surface area contributed by atoms with E-state index in [1.807, 2.05) is 64.7 Å². The van der Waals surface area contributed by atoms with Crippen molar-refractivity contribution in [3.8, 4) is 0 Å². The Hall–Kier alpha value is -3.25. The first-order valence-electron chi connectivity index (χ1n) is 8.99. The highest BCUT2D eigenvalue weighted by molar-refractivity contribution is 7.07. The summed E-state index contributed by atoms with van der Waals surface area (Å²) >= 11 is 1.42. The van der Waals surface area contributed by atoms with Gasteiger partial charge < -0.3 is 9.47 Å². The van der Waals surface area contributed by atoms with Crippen LogP contribution in [0.1, 0.15) is 27.9 Å². The smallest absolute Gasteiger partial charge is 0.258 e. The lowest BCUT2D eigenvalue weighted by molar-refractivity contribution is -0.118. The highest BCUT2D eigenvalue weighted by atomic mass is 32.1. The van der Waals surface area contributed by atoms with Gasteiger partial charge in [-0.25, -0.2) is 0 Å². The molecule has 2 amide bonds. The van der Waals surface area contributed by atoms with Crippen molar-refractivity contribution in [1.82, 2.24) is 9.47 Å². The van der Waals surface area contributed by atoms with E-state index in [4.69, 9.17) is 0 Å². The zero-order valence-corrected chi connectivity index (χ0v) is 16.1. The van der Waals surface area contributed by atoms with Gasteiger partial charge in [0.25, 0.3) is 5.91 Å². The second kappa shape index (κ2) is 7.78. The quantitative estimate of drug-likeness (QED) is 0.670. The standard InChI is InChI=1S/C22H19N3O2S/c1-16-18-9-5-6-10-19(18)21(27)25(16)12-11-20(26)23-22-24(13-14-28-22)15-17-7-3-2-4-8-17/h2-10,13-14H,1,11-12,15H2. The molecule has 140 valence electrons. The molecule has 4 rings (SSSR count). The molecule has 0 radical (unpaired) electrons. The average Bonchev–Trinajstić information content (AvgIpc) is 3.24. The lowest BCUT2D eigenvalue weighted by Crippen LogP contribution is -2.26. The molecule has 0 unspecified atom stereocenters. The van der Waals surface area contributed by atoms with Crippen LogP contribution in [0.3, 0.4) is 0 Å². The number of carbonyl (C=O) groups excluding carboxylic acids is 2. The average molecular weight is 389 g/mol. The minimum absolute atomic E-state index is 0.108. The molecule has 0 saturated carbocycles. The van der Waals surface area contributed by atoms with Gasteiger partial charge >= 0.3 is 0 Å². The van der Waals surface area contributed by atoms with Gasteiger partial charge in [0, 0.05) is 47.9 Å². The molecule has 0 atom stereocenters. The van der Waals surface area contributed by atoms with Crippen LogP contribution in [-0.4, -0.2) is 27.8 Å². The molecule has 0 aliphatic carbocycles. The van der Waals surface area contributed by atoms with Gasteiger partial charge in [-0.3, -0.25) is 9.59 Å². The van der Waals surface area contributed by atoms with Gasteiger partial charge in [-0.1, -0.05) is 55.1 Å². The second-order valence-electron chi connectivity index (χ2n) is 6.50. The molecular formula is C22H19N3O2S. The van der Waals surface area contributed by atoms with E-state index in [1.54, 1.807) is 11.0 Å². The summed E-state index contributed by atoms with van der Waals surface area (Å²) in [7, 11) is 0. The molecule has 6 heteroatoms. The number of hydrogen-bond donors (Lipinski definition) is 0.